The lowest BCUT2D eigenvalue weighted by atomic mass is 10.2. The van der Waals surface area contributed by atoms with Crippen LogP contribution in [0, 0.1) is 6.92 Å². The van der Waals surface area contributed by atoms with Crippen LogP contribution in [0.2, 0.25) is 0 Å². The number of benzene rings is 2. The van der Waals surface area contributed by atoms with Gasteiger partial charge in [-0.1, -0.05) is 31.2 Å². The topological polar surface area (TPSA) is 56.5 Å². The zero-order chi connectivity index (χ0) is 16.9. The molecule has 122 valence electrons. The zero-order valence-electron chi connectivity index (χ0n) is 13.8. The van der Waals surface area contributed by atoms with Crippen LogP contribution in [-0.2, 0) is 0 Å². The first-order valence-electron chi connectivity index (χ1n) is 7.95. The minimum atomic E-state index is -0.179. The molecule has 2 aromatic carbocycles. The van der Waals surface area contributed by atoms with Crippen molar-refractivity contribution in [2.24, 2.45) is 5.10 Å². The van der Waals surface area contributed by atoms with E-state index in [9.17, 15) is 4.79 Å². The fourth-order valence-corrected chi connectivity index (χ4v) is 2.42. The number of nitrogens with zero attached hydrogens (tertiary/aromatic N) is 3. The summed E-state index contributed by atoms with van der Waals surface area (Å²) < 4.78 is 7.03. The summed E-state index contributed by atoms with van der Waals surface area (Å²) in [6, 6.07) is 14.9. The van der Waals surface area contributed by atoms with Gasteiger partial charge < -0.3 is 4.74 Å². The first-order valence-corrected chi connectivity index (χ1v) is 7.95. The molecule has 1 heterocycles. The van der Waals surface area contributed by atoms with Crippen molar-refractivity contribution in [3.8, 4) is 5.75 Å². The van der Waals surface area contributed by atoms with E-state index in [4.69, 9.17) is 4.74 Å². The molecule has 0 aliphatic rings. The van der Waals surface area contributed by atoms with Gasteiger partial charge in [0.25, 0.3) is 5.56 Å². The second-order valence-corrected chi connectivity index (χ2v) is 5.42. The normalized spacial score (nSPS) is 11.2. The van der Waals surface area contributed by atoms with Gasteiger partial charge in [0.1, 0.15) is 11.6 Å². The lowest BCUT2D eigenvalue weighted by Gasteiger charge is -2.08. The fraction of sp³-hybridized carbons (Fsp3) is 0.211. The van der Waals surface area contributed by atoms with Gasteiger partial charge in [-0.15, -0.1) is 0 Å². The van der Waals surface area contributed by atoms with Gasteiger partial charge >= 0.3 is 0 Å². The summed E-state index contributed by atoms with van der Waals surface area (Å²) in [6.45, 7) is 4.46. The maximum atomic E-state index is 12.6. The smallest absolute Gasteiger partial charge is 0.282 e. The van der Waals surface area contributed by atoms with Crippen LogP contribution in [0.4, 0.5) is 0 Å². The highest BCUT2D eigenvalue weighted by Gasteiger charge is 2.07. The van der Waals surface area contributed by atoms with Gasteiger partial charge in [0.15, 0.2) is 0 Å². The second kappa shape index (κ2) is 7.08. The summed E-state index contributed by atoms with van der Waals surface area (Å²) in [5.74, 6) is 1.30. The standard InChI is InChI=1S/C19H19N3O2/c1-3-12-24-18-11-7-4-8-15(18)13-20-22-14(2)21-17-10-6-5-9-16(17)19(22)23/h4-11,13H,3,12H2,1-2H3/b20-13+. The molecule has 1 aromatic heterocycles. The van der Waals surface area contributed by atoms with E-state index < -0.39 is 0 Å². The molecule has 0 unspecified atom stereocenters. The van der Waals surface area contributed by atoms with Gasteiger partial charge in [-0.05, 0) is 37.6 Å². The summed E-state index contributed by atoms with van der Waals surface area (Å²) in [5, 5.41) is 4.88. The summed E-state index contributed by atoms with van der Waals surface area (Å²) in [6.07, 6.45) is 2.56. The van der Waals surface area contributed by atoms with Gasteiger partial charge in [0.05, 0.1) is 23.7 Å². The van der Waals surface area contributed by atoms with Crippen molar-refractivity contribution in [1.82, 2.24) is 9.66 Å². The minimum Gasteiger partial charge on any atom is -0.493 e. The van der Waals surface area contributed by atoms with Crippen LogP contribution < -0.4 is 10.3 Å². The third-order valence-electron chi connectivity index (χ3n) is 3.61. The lowest BCUT2D eigenvalue weighted by Crippen LogP contribution is -2.20. The molecule has 0 radical (unpaired) electrons. The van der Waals surface area contributed by atoms with E-state index in [1.54, 1.807) is 19.2 Å². The Bertz CT molecular complexity index is 945. The van der Waals surface area contributed by atoms with Crippen molar-refractivity contribution in [3.05, 3.63) is 70.3 Å². The molecule has 0 bridgehead atoms. The molecule has 0 aliphatic heterocycles. The molecule has 5 nitrogen and oxygen atoms in total. The Kier molecular flexibility index (Phi) is 4.70. The van der Waals surface area contributed by atoms with Gasteiger partial charge in [-0.25, -0.2) is 4.98 Å². The predicted octanol–water partition coefficient (Wildman–Crippen LogP) is 3.38. The van der Waals surface area contributed by atoms with E-state index in [-0.39, 0.29) is 5.56 Å². The van der Waals surface area contributed by atoms with Gasteiger partial charge in [0.2, 0.25) is 0 Å². The predicted molar refractivity (Wildman–Crippen MR) is 96.0 cm³/mol. The van der Waals surface area contributed by atoms with Crippen molar-refractivity contribution in [3.63, 3.8) is 0 Å². The van der Waals surface area contributed by atoms with Crippen LogP contribution in [-0.4, -0.2) is 22.5 Å². The molecule has 0 saturated heterocycles. The Morgan fingerprint density at radius 1 is 1.17 bits per heavy atom. The number of fused-ring (bicyclic) bond motifs is 1. The molecule has 3 aromatic rings. The third kappa shape index (κ3) is 3.20. The van der Waals surface area contributed by atoms with E-state index in [0.29, 0.717) is 23.3 Å². The third-order valence-corrected chi connectivity index (χ3v) is 3.61. The van der Waals surface area contributed by atoms with Crippen molar-refractivity contribution >= 4 is 17.1 Å². The molecule has 5 heteroatoms. The molecule has 0 atom stereocenters. The van der Waals surface area contributed by atoms with E-state index in [0.717, 1.165) is 17.7 Å². The Hall–Kier alpha value is -2.95. The average molecular weight is 321 g/mol. The maximum absolute atomic E-state index is 12.6. The molecule has 0 spiro atoms. The van der Waals surface area contributed by atoms with Crippen LogP contribution >= 0.6 is 0 Å². The van der Waals surface area contributed by atoms with Crippen molar-refractivity contribution in [1.29, 1.82) is 0 Å². The minimum absolute atomic E-state index is 0.179. The van der Waals surface area contributed by atoms with Crippen molar-refractivity contribution in [2.45, 2.75) is 20.3 Å². The molecule has 0 N–H and O–H groups in total. The Labute approximate surface area is 140 Å². The fourth-order valence-electron chi connectivity index (χ4n) is 2.42. The number of hydrogen-bond acceptors (Lipinski definition) is 4. The van der Waals surface area contributed by atoms with E-state index >= 15 is 0 Å². The Morgan fingerprint density at radius 3 is 2.75 bits per heavy atom. The monoisotopic (exact) mass is 321 g/mol. The van der Waals surface area contributed by atoms with Crippen molar-refractivity contribution < 1.29 is 4.74 Å². The Balaban J connectivity index is 2.01. The molecular formula is C19H19N3O2. The van der Waals surface area contributed by atoms with E-state index in [1.165, 1.54) is 4.68 Å². The number of hydrogen-bond donors (Lipinski definition) is 0. The number of rotatable bonds is 5. The van der Waals surface area contributed by atoms with Crippen LogP contribution in [0.25, 0.3) is 10.9 Å². The van der Waals surface area contributed by atoms with Gasteiger partial charge in [0, 0.05) is 5.56 Å². The number of ether oxygens (including phenoxy) is 1. The summed E-state index contributed by atoms with van der Waals surface area (Å²) in [5.41, 5.74) is 1.32. The number of aromatic nitrogens is 2. The molecule has 0 amide bonds. The summed E-state index contributed by atoms with van der Waals surface area (Å²) in [7, 11) is 0. The summed E-state index contributed by atoms with van der Waals surface area (Å²) >= 11 is 0. The highest BCUT2D eigenvalue weighted by molar-refractivity contribution is 5.83. The molecular weight excluding hydrogens is 302 g/mol. The zero-order valence-corrected chi connectivity index (χ0v) is 13.8. The quantitative estimate of drug-likeness (QED) is 0.677. The molecule has 24 heavy (non-hydrogen) atoms. The SMILES string of the molecule is CCCOc1ccccc1/C=N/n1c(C)nc2ccccc2c1=O. The average Bonchev–Trinajstić information content (AvgIpc) is 2.60. The van der Waals surface area contributed by atoms with E-state index in [1.807, 2.05) is 42.5 Å². The first-order chi connectivity index (χ1) is 11.7. The molecule has 0 saturated carbocycles. The van der Waals surface area contributed by atoms with Gasteiger partial charge in [-0.3, -0.25) is 4.79 Å². The van der Waals surface area contributed by atoms with Crippen LogP contribution in [0.3, 0.4) is 0 Å². The highest BCUT2D eigenvalue weighted by atomic mass is 16.5. The number of para-hydroxylation sites is 2. The first kappa shape index (κ1) is 15.9. The van der Waals surface area contributed by atoms with Gasteiger partial charge in [-0.2, -0.15) is 9.78 Å². The van der Waals surface area contributed by atoms with Crippen LogP contribution in [0.1, 0.15) is 24.7 Å². The Morgan fingerprint density at radius 2 is 1.92 bits per heavy atom. The van der Waals surface area contributed by atoms with Crippen LogP contribution in [0.5, 0.6) is 5.75 Å². The lowest BCUT2D eigenvalue weighted by molar-refractivity contribution is 0.317. The second-order valence-electron chi connectivity index (χ2n) is 5.42. The number of aryl methyl sites for hydroxylation is 1. The highest BCUT2D eigenvalue weighted by Crippen LogP contribution is 2.16. The van der Waals surface area contributed by atoms with E-state index in [2.05, 4.69) is 17.0 Å². The molecule has 3 rings (SSSR count). The van der Waals surface area contributed by atoms with Crippen LogP contribution in [0.15, 0.2) is 58.4 Å². The molecule has 0 fully saturated rings. The molecule has 0 aliphatic carbocycles. The van der Waals surface area contributed by atoms with Crippen molar-refractivity contribution in [2.75, 3.05) is 6.61 Å². The largest absolute Gasteiger partial charge is 0.493 e. The summed E-state index contributed by atoms with van der Waals surface area (Å²) in [4.78, 5) is 17.0. The maximum Gasteiger partial charge on any atom is 0.282 e.